The third kappa shape index (κ3) is 2.36. The van der Waals surface area contributed by atoms with Gasteiger partial charge in [-0.15, -0.1) is 0 Å². The number of aromatic nitrogens is 2. The van der Waals surface area contributed by atoms with Gasteiger partial charge in [0, 0.05) is 13.0 Å². The molecule has 1 unspecified atom stereocenters. The maximum absolute atomic E-state index is 14.2. The van der Waals surface area contributed by atoms with E-state index in [1.807, 2.05) is 13.8 Å². The number of hydrogen-bond donors (Lipinski definition) is 1. The number of nitrogens with two attached hydrogens (primary N) is 1. The largest absolute Gasteiger partial charge is 0.367 e. The van der Waals surface area contributed by atoms with Crippen LogP contribution in [0.2, 0.25) is 0 Å². The molecule has 1 fully saturated rings. The van der Waals surface area contributed by atoms with Crippen LogP contribution in [-0.2, 0) is 4.79 Å². The Labute approximate surface area is 109 Å². The second kappa shape index (κ2) is 4.71. The molecule has 19 heavy (non-hydrogen) atoms. The van der Waals surface area contributed by atoms with Crippen LogP contribution in [-0.4, -0.2) is 34.6 Å². The predicted molar refractivity (Wildman–Crippen MR) is 65.9 cm³/mol. The first-order chi connectivity index (χ1) is 8.85. The molecule has 1 aromatic rings. The van der Waals surface area contributed by atoms with E-state index in [1.54, 1.807) is 0 Å². The van der Waals surface area contributed by atoms with Crippen LogP contribution >= 0.6 is 0 Å². The Kier molecular flexibility index (Phi) is 3.38. The number of primary amides is 1. The van der Waals surface area contributed by atoms with Crippen molar-refractivity contribution in [3.63, 3.8) is 0 Å². The van der Waals surface area contributed by atoms with Crippen LogP contribution in [0.3, 0.4) is 0 Å². The number of hydrogen-bond acceptors (Lipinski definition) is 4. The van der Waals surface area contributed by atoms with Gasteiger partial charge in [-0.25, -0.2) is 18.7 Å². The summed E-state index contributed by atoms with van der Waals surface area (Å²) < 4.78 is 28.3. The van der Waals surface area contributed by atoms with Gasteiger partial charge in [0.25, 0.3) is 5.91 Å². The molecule has 0 saturated carbocycles. The maximum atomic E-state index is 14.2. The van der Waals surface area contributed by atoms with E-state index in [-0.39, 0.29) is 36.9 Å². The lowest BCUT2D eigenvalue weighted by Gasteiger charge is -2.20. The summed E-state index contributed by atoms with van der Waals surface area (Å²) in [4.78, 5) is 20.2. The van der Waals surface area contributed by atoms with Crippen molar-refractivity contribution in [3.8, 4) is 0 Å². The zero-order valence-corrected chi connectivity index (χ0v) is 10.9. The van der Waals surface area contributed by atoms with Crippen LogP contribution in [0.1, 0.15) is 31.9 Å². The Morgan fingerprint density at radius 1 is 1.53 bits per heavy atom. The lowest BCUT2D eigenvalue weighted by atomic mass is 10.1. The van der Waals surface area contributed by atoms with Gasteiger partial charge in [-0.2, -0.15) is 0 Å². The highest BCUT2D eigenvalue weighted by Crippen LogP contribution is 2.31. The fraction of sp³-hybridized carbons (Fsp3) is 0.583. The van der Waals surface area contributed by atoms with E-state index in [0.717, 1.165) is 0 Å². The number of nitrogens with zero attached hydrogens (tertiary/aromatic N) is 3. The Hall–Kier alpha value is -1.79. The second-order valence-corrected chi connectivity index (χ2v) is 5.05. The molecule has 104 valence electrons. The Bertz CT molecular complexity index is 509. The number of carbonyl (C=O) groups excluding carboxylic acids is 1. The molecule has 1 amide bonds. The molecule has 0 aliphatic carbocycles. The molecule has 0 radical (unpaired) electrons. The van der Waals surface area contributed by atoms with Crippen molar-refractivity contribution < 1.29 is 13.6 Å². The molecular weight excluding hydrogens is 254 g/mol. The fourth-order valence-corrected chi connectivity index (χ4v) is 2.15. The molecule has 1 saturated heterocycles. The minimum atomic E-state index is -2.12. The first kappa shape index (κ1) is 13.6. The van der Waals surface area contributed by atoms with Crippen LogP contribution in [0.25, 0.3) is 0 Å². The molecule has 2 heterocycles. The van der Waals surface area contributed by atoms with Gasteiger partial charge in [0.05, 0.1) is 12.2 Å². The standard InChI is InChI=1S/C12H16F2N4O/c1-7(2)9-8(13)10(17-6-16-9)18-4-3-12(14,5-18)11(15)19/h6-7H,3-5H2,1-2H3,(H2,15,19). The number of carbonyl (C=O) groups is 1. The second-order valence-electron chi connectivity index (χ2n) is 5.05. The van der Waals surface area contributed by atoms with E-state index in [1.165, 1.54) is 11.2 Å². The fourth-order valence-electron chi connectivity index (χ4n) is 2.15. The van der Waals surface area contributed by atoms with Gasteiger partial charge in [0.1, 0.15) is 6.33 Å². The molecule has 1 aliphatic rings. The molecule has 1 atom stereocenters. The van der Waals surface area contributed by atoms with Gasteiger partial charge in [0.2, 0.25) is 5.67 Å². The normalized spacial score (nSPS) is 23.1. The van der Waals surface area contributed by atoms with Gasteiger partial charge in [-0.1, -0.05) is 13.8 Å². The van der Waals surface area contributed by atoms with Gasteiger partial charge in [-0.05, 0) is 5.92 Å². The minimum Gasteiger partial charge on any atom is -0.367 e. The van der Waals surface area contributed by atoms with Crippen LogP contribution in [0.5, 0.6) is 0 Å². The quantitative estimate of drug-likeness (QED) is 0.894. The molecule has 2 N–H and O–H groups in total. The van der Waals surface area contributed by atoms with E-state index in [2.05, 4.69) is 9.97 Å². The molecular formula is C12H16F2N4O. The molecule has 2 rings (SSSR count). The maximum Gasteiger partial charge on any atom is 0.257 e. The van der Waals surface area contributed by atoms with Gasteiger partial charge < -0.3 is 10.6 Å². The number of halogens is 2. The van der Waals surface area contributed by atoms with E-state index in [0.29, 0.717) is 0 Å². The zero-order valence-electron chi connectivity index (χ0n) is 10.9. The van der Waals surface area contributed by atoms with Crippen molar-refractivity contribution in [2.45, 2.75) is 31.9 Å². The van der Waals surface area contributed by atoms with Gasteiger partial charge in [-0.3, -0.25) is 4.79 Å². The van der Waals surface area contributed by atoms with Gasteiger partial charge >= 0.3 is 0 Å². The first-order valence-electron chi connectivity index (χ1n) is 6.09. The SMILES string of the molecule is CC(C)c1ncnc(N2CCC(F)(C(N)=O)C2)c1F. The third-order valence-corrected chi connectivity index (χ3v) is 3.31. The smallest absolute Gasteiger partial charge is 0.257 e. The van der Waals surface area contributed by atoms with Crippen molar-refractivity contribution >= 4 is 11.7 Å². The highest BCUT2D eigenvalue weighted by molar-refractivity contribution is 5.85. The van der Waals surface area contributed by atoms with E-state index in [9.17, 15) is 13.6 Å². The average Bonchev–Trinajstić information content (AvgIpc) is 2.73. The van der Waals surface area contributed by atoms with Crippen LogP contribution in [0.15, 0.2) is 6.33 Å². The van der Waals surface area contributed by atoms with E-state index in [4.69, 9.17) is 5.73 Å². The topological polar surface area (TPSA) is 72.1 Å². The summed E-state index contributed by atoms with van der Waals surface area (Å²) in [5.41, 5.74) is 3.18. The van der Waals surface area contributed by atoms with Crippen LogP contribution in [0.4, 0.5) is 14.6 Å². The summed E-state index contributed by atoms with van der Waals surface area (Å²) in [7, 11) is 0. The van der Waals surface area contributed by atoms with Gasteiger partial charge in [0.15, 0.2) is 11.6 Å². The zero-order chi connectivity index (χ0) is 14.2. The predicted octanol–water partition coefficient (Wildman–Crippen LogP) is 1.14. The highest BCUT2D eigenvalue weighted by Gasteiger charge is 2.45. The Morgan fingerprint density at radius 2 is 2.21 bits per heavy atom. The van der Waals surface area contributed by atoms with Crippen molar-refractivity contribution in [1.29, 1.82) is 0 Å². The number of alkyl halides is 1. The lowest BCUT2D eigenvalue weighted by molar-refractivity contribution is -0.128. The van der Waals surface area contributed by atoms with Crippen molar-refractivity contribution in [2.24, 2.45) is 5.73 Å². The monoisotopic (exact) mass is 270 g/mol. The van der Waals surface area contributed by atoms with Crippen LogP contribution in [0, 0.1) is 5.82 Å². The van der Waals surface area contributed by atoms with Crippen LogP contribution < -0.4 is 10.6 Å². The number of rotatable bonds is 3. The first-order valence-corrected chi connectivity index (χ1v) is 6.09. The third-order valence-electron chi connectivity index (χ3n) is 3.31. The molecule has 0 spiro atoms. The summed E-state index contributed by atoms with van der Waals surface area (Å²) in [6.07, 6.45) is 1.19. The summed E-state index contributed by atoms with van der Waals surface area (Å²) in [5.74, 6) is -1.66. The summed E-state index contributed by atoms with van der Waals surface area (Å²) in [6.45, 7) is 3.54. The van der Waals surface area contributed by atoms with Crippen molar-refractivity contribution in [2.75, 3.05) is 18.0 Å². The Morgan fingerprint density at radius 3 is 2.74 bits per heavy atom. The summed E-state index contributed by atoms with van der Waals surface area (Å²) >= 11 is 0. The minimum absolute atomic E-state index is 0.0273. The number of anilines is 1. The molecule has 0 aromatic carbocycles. The average molecular weight is 270 g/mol. The summed E-state index contributed by atoms with van der Waals surface area (Å²) in [6, 6.07) is 0. The molecule has 0 bridgehead atoms. The lowest BCUT2D eigenvalue weighted by Crippen LogP contribution is -2.42. The summed E-state index contributed by atoms with van der Waals surface area (Å²) in [5, 5.41) is 0. The molecule has 7 heteroatoms. The van der Waals surface area contributed by atoms with Crippen molar-refractivity contribution in [1.82, 2.24) is 9.97 Å². The highest BCUT2D eigenvalue weighted by atomic mass is 19.1. The molecule has 1 aromatic heterocycles. The molecule has 1 aliphatic heterocycles. The van der Waals surface area contributed by atoms with Crippen molar-refractivity contribution in [3.05, 3.63) is 17.8 Å². The van der Waals surface area contributed by atoms with E-state index < -0.39 is 17.4 Å². The number of amides is 1. The Balaban J connectivity index is 2.30. The van der Waals surface area contributed by atoms with E-state index >= 15 is 0 Å². The molecule has 5 nitrogen and oxygen atoms in total.